The zero-order valence-electron chi connectivity index (χ0n) is 15.5. The number of benzene rings is 1. The number of hydrogen-bond acceptors (Lipinski definition) is 5. The predicted octanol–water partition coefficient (Wildman–Crippen LogP) is 4.04. The SMILES string of the molecule is CCC(C)(C)NC(=O)c1csc(N2CCN(c3ccc(Cl)cc3)CC2)n1. The molecule has 1 aromatic heterocycles. The summed E-state index contributed by atoms with van der Waals surface area (Å²) in [5.74, 6) is -0.0980. The second-order valence-electron chi connectivity index (χ2n) is 7.16. The van der Waals surface area contributed by atoms with Crippen LogP contribution in [0.15, 0.2) is 29.6 Å². The highest BCUT2D eigenvalue weighted by atomic mass is 35.5. The number of anilines is 2. The summed E-state index contributed by atoms with van der Waals surface area (Å²) in [6.07, 6.45) is 0.877. The van der Waals surface area contributed by atoms with E-state index in [0.717, 1.165) is 42.8 Å². The fourth-order valence-electron chi connectivity index (χ4n) is 2.78. The predicted molar refractivity (Wildman–Crippen MR) is 110 cm³/mol. The zero-order valence-corrected chi connectivity index (χ0v) is 17.0. The van der Waals surface area contributed by atoms with Gasteiger partial charge in [0.15, 0.2) is 5.13 Å². The number of amides is 1. The first-order valence-corrected chi connectivity index (χ1v) is 10.2. The molecule has 1 aromatic carbocycles. The summed E-state index contributed by atoms with van der Waals surface area (Å²) in [5, 5.41) is 6.56. The largest absolute Gasteiger partial charge is 0.368 e. The Morgan fingerprint density at radius 2 is 1.81 bits per heavy atom. The summed E-state index contributed by atoms with van der Waals surface area (Å²) in [7, 11) is 0. The second kappa shape index (κ2) is 7.84. The maximum Gasteiger partial charge on any atom is 0.271 e. The number of hydrogen-bond donors (Lipinski definition) is 1. The summed E-state index contributed by atoms with van der Waals surface area (Å²) in [6.45, 7) is 9.72. The number of carbonyl (C=O) groups is 1. The van der Waals surface area contributed by atoms with Gasteiger partial charge in [0.1, 0.15) is 5.69 Å². The van der Waals surface area contributed by atoms with Crippen molar-refractivity contribution in [3.8, 4) is 0 Å². The Morgan fingerprint density at radius 3 is 2.42 bits per heavy atom. The quantitative estimate of drug-likeness (QED) is 0.834. The van der Waals surface area contributed by atoms with E-state index in [1.165, 1.54) is 17.0 Å². The zero-order chi connectivity index (χ0) is 18.7. The van der Waals surface area contributed by atoms with E-state index in [0.29, 0.717) is 5.69 Å². The van der Waals surface area contributed by atoms with Gasteiger partial charge in [-0.2, -0.15) is 0 Å². The Morgan fingerprint density at radius 1 is 1.19 bits per heavy atom. The van der Waals surface area contributed by atoms with Crippen LogP contribution in [0.1, 0.15) is 37.7 Å². The van der Waals surface area contributed by atoms with Gasteiger partial charge in [0, 0.05) is 47.8 Å². The molecule has 0 aliphatic carbocycles. The van der Waals surface area contributed by atoms with E-state index >= 15 is 0 Å². The highest BCUT2D eigenvalue weighted by Gasteiger charge is 2.23. The molecule has 1 aliphatic rings. The van der Waals surface area contributed by atoms with E-state index in [1.807, 2.05) is 31.4 Å². The van der Waals surface area contributed by atoms with Crippen molar-refractivity contribution < 1.29 is 4.79 Å². The molecule has 140 valence electrons. The average Bonchev–Trinajstić information content (AvgIpc) is 3.13. The van der Waals surface area contributed by atoms with Crippen LogP contribution >= 0.6 is 22.9 Å². The third-order valence-corrected chi connectivity index (χ3v) is 5.96. The Bertz CT molecular complexity index is 751. The van der Waals surface area contributed by atoms with Gasteiger partial charge in [-0.3, -0.25) is 4.79 Å². The van der Waals surface area contributed by atoms with E-state index < -0.39 is 0 Å². The number of carbonyl (C=O) groups excluding carboxylic acids is 1. The summed E-state index contributed by atoms with van der Waals surface area (Å²) in [5.41, 5.74) is 1.48. The first-order valence-electron chi connectivity index (χ1n) is 8.91. The molecule has 0 bridgehead atoms. The van der Waals surface area contributed by atoms with Gasteiger partial charge in [-0.05, 0) is 44.5 Å². The van der Waals surface area contributed by atoms with Crippen LogP contribution in [0.4, 0.5) is 10.8 Å². The number of nitrogens with zero attached hydrogens (tertiary/aromatic N) is 3. The number of piperazine rings is 1. The molecule has 26 heavy (non-hydrogen) atoms. The van der Waals surface area contributed by atoms with Crippen LogP contribution in [0.25, 0.3) is 0 Å². The lowest BCUT2D eigenvalue weighted by Crippen LogP contribution is -2.46. The van der Waals surface area contributed by atoms with Gasteiger partial charge in [0.2, 0.25) is 0 Å². The molecule has 2 heterocycles. The third kappa shape index (κ3) is 4.48. The topological polar surface area (TPSA) is 48.5 Å². The summed E-state index contributed by atoms with van der Waals surface area (Å²) in [6, 6.07) is 7.96. The van der Waals surface area contributed by atoms with Crippen molar-refractivity contribution in [2.45, 2.75) is 32.7 Å². The number of nitrogens with one attached hydrogen (secondary N) is 1. The van der Waals surface area contributed by atoms with Crippen LogP contribution in [-0.4, -0.2) is 42.6 Å². The maximum atomic E-state index is 12.4. The Kier molecular flexibility index (Phi) is 5.73. The second-order valence-corrected chi connectivity index (χ2v) is 8.43. The van der Waals surface area contributed by atoms with Gasteiger partial charge >= 0.3 is 0 Å². The third-order valence-electron chi connectivity index (χ3n) is 4.80. The average molecular weight is 393 g/mol. The number of aromatic nitrogens is 1. The molecular formula is C19H25ClN4OS. The van der Waals surface area contributed by atoms with Crippen LogP contribution in [0, 0.1) is 0 Å². The van der Waals surface area contributed by atoms with Crippen LogP contribution in [0.3, 0.4) is 0 Å². The summed E-state index contributed by atoms with van der Waals surface area (Å²) >= 11 is 7.50. The lowest BCUT2D eigenvalue weighted by atomic mass is 10.0. The van der Waals surface area contributed by atoms with Gasteiger partial charge in [-0.25, -0.2) is 4.98 Å². The molecule has 0 atom stereocenters. The highest BCUT2D eigenvalue weighted by Crippen LogP contribution is 2.25. The molecular weight excluding hydrogens is 368 g/mol. The number of thiazole rings is 1. The molecule has 1 fully saturated rings. The van der Waals surface area contributed by atoms with Crippen molar-refractivity contribution in [1.82, 2.24) is 10.3 Å². The van der Waals surface area contributed by atoms with Crippen molar-refractivity contribution in [1.29, 1.82) is 0 Å². The minimum absolute atomic E-state index is 0.0980. The van der Waals surface area contributed by atoms with Crippen molar-refractivity contribution in [3.63, 3.8) is 0 Å². The van der Waals surface area contributed by atoms with Gasteiger partial charge in [-0.1, -0.05) is 18.5 Å². The van der Waals surface area contributed by atoms with Crippen LogP contribution < -0.4 is 15.1 Å². The molecule has 5 nitrogen and oxygen atoms in total. The Balaban J connectivity index is 1.59. The van der Waals surface area contributed by atoms with Crippen molar-refractivity contribution in [2.24, 2.45) is 0 Å². The van der Waals surface area contributed by atoms with Crippen LogP contribution in [0.2, 0.25) is 5.02 Å². The summed E-state index contributed by atoms with van der Waals surface area (Å²) in [4.78, 5) is 21.5. The lowest BCUT2D eigenvalue weighted by molar-refractivity contribution is 0.0907. The van der Waals surface area contributed by atoms with Crippen molar-refractivity contribution in [3.05, 3.63) is 40.4 Å². The highest BCUT2D eigenvalue weighted by molar-refractivity contribution is 7.13. The standard InChI is InChI=1S/C19H25ClN4OS/c1-4-19(2,3)22-17(25)16-13-26-18(21-16)24-11-9-23(10-12-24)15-7-5-14(20)6-8-15/h5-8,13H,4,9-12H2,1-3H3,(H,22,25). The molecule has 1 N–H and O–H groups in total. The van der Waals surface area contributed by atoms with E-state index in [9.17, 15) is 4.79 Å². The smallest absolute Gasteiger partial charge is 0.271 e. The normalized spacial score (nSPS) is 15.2. The number of halogens is 1. The first-order chi connectivity index (χ1) is 12.4. The number of rotatable bonds is 5. The Hall–Kier alpha value is -1.79. The summed E-state index contributed by atoms with van der Waals surface area (Å²) < 4.78 is 0. The van der Waals surface area contributed by atoms with E-state index in [4.69, 9.17) is 11.6 Å². The van der Waals surface area contributed by atoms with Gasteiger partial charge in [0.05, 0.1) is 0 Å². The molecule has 0 radical (unpaired) electrons. The van der Waals surface area contributed by atoms with Gasteiger partial charge in [-0.15, -0.1) is 11.3 Å². The van der Waals surface area contributed by atoms with E-state index in [1.54, 1.807) is 0 Å². The molecule has 1 aliphatic heterocycles. The molecule has 1 amide bonds. The van der Waals surface area contributed by atoms with Crippen molar-refractivity contribution in [2.75, 3.05) is 36.0 Å². The molecule has 0 spiro atoms. The Labute approximate surface area is 164 Å². The van der Waals surface area contributed by atoms with Gasteiger partial charge < -0.3 is 15.1 Å². The monoisotopic (exact) mass is 392 g/mol. The van der Waals surface area contributed by atoms with Crippen molar-refractivity contribution >= 4 is 39.7 Å². The first kappa shape index (κ1) is 19.0. The minimum atomic E-state index is -0.217. The molecule has 2 aromatic rings. The molecule has 7 heteroatoms. The minimum Gasteiger partial charge on any atom is -0.368 e. The lowest BCUT2D eigenvalue weighted by Gasteiger charge is -2.36. The fourth-order valence-corrected chi connectivity index (χ4v) is 3.77. The molecule has 0 saturated carbocycles. The fraction of sp³-hybridized carbons (Fsp3) is 0.474. The molecule has 0 unspecified atom stereocenters. The molecule has 3 rings (SSSR count). The van der Waals surface area contributed by atoms with E-state index in [2.05, 4.69) is 39.2 Å². The van der Waals surface area contributed by atoms with Crippen LogP contribution in [-0.2, 0) is 0 Å². The van der Waals surface area contributed by atoms with E-state index in [-0.39, 0.29) is 11.4 Å². The maximum absolute atomic E-state index is 12.4. The van der Waals surface area contributed by atoms with Crippen LogP contribution in [0.5, 0.6) is 0 Å². The van der Waals surface area contributed by atoms with Gasteiger partial charge in [0.25, 0.3) is 5.91 Å². The molecule has 1 saturated heterocycles.